The van der Waals surface area contributed by atoms with Crippen molar-refractivity contribution >= 4 is 11.9 Å². The Hall–Kier alpha value is -2.42. The van der Waals surface area contributed by atoms with Gasteiger partial charge in [0.2, 0.25) is 0 Å². The van der Waals surface area contributed by atoms with Crippen LogP contribution < -0.4 is 5.73 Å². The predicted molar refractivity (Wildman–Crippen MR) is 58.6 cm³/mol. The van der Waals surface area contributed by atoms with Crippen molar-refractivity contribution in [3.8, 4) is 6.07 Å². The Morgan fingerprint density at radius 3 is 2.82 bits per heavy atom. The number of likely N-dealkylation sites (N-methyl/N-ethyl adjacent to an activating group) is 1. The number of amides is 2. The van der Waals surface area contributed by atoms with Gasteiger partial charge < -0.3 is 10.6 Å². The lowest BCUT2D eigenvalue weighted by Gasteiger charge is -2.19. The van der Waals surface area contributed by atoms with Crippen LogP contribution in [0.3, 0.4) is 0 Å². The van der Waals surface area contributed by atoms with E-state index in [2.05, 4.69) is 4.99 Å². The first-order valence-corrected chi connectivity index (χ1v) is 4.85. The molecule has 0 bridgehead atoms. The smallest absolute Gasteiger partial charge is 0.345 e. The highest BCUT2D eigenvalue weighted by molar-refractivity contribution is 6.03. The van der Waals surface area contributed by atoms with Crippen LogP contribution in [0.1, 0.15) is 17.2 Å². The van der Waals surface area contributed by atoms with Gasteiger partial charge >= 0.3 is 6.03 Å². The van der Waals surface area contributed by atoms with E-state index in [1.807, 2.05) is 0 Å². The van der Waals surface area contributed by atoms with Gasteiger partial charge in [-0.1, -0.05) is 6.07 Å². The minimum atomic E-state index is -0.598. The molecule has 1 unspecified atom stereocenters. The maximum Gasteiger partial charge on any atom is 0.345 e. The minimum Gasteiger partial charge on any atom is -0.385 e. The van der Waals surface area contributed by atoms with Crippen LogP contribution in [-0.4, -0.2) is 23.8 Å². The molecule has 1 heterocycles. The zero-order valence-corrected chi connectivity index (χ0v) is 9.01. The van der Waals surface area contributed by atoms with E-state index in [1.165, 1.54) is 23.1 Å². The molecule has 0 fully saturated rings. The van der Waals surface area contributed by atoms with Crippen LogP contribution in [-0.2, 0) is 0 Å². The molecule has 2 N–H and O–H groups in total. The number of hydrogen-bond donors (Lipinski definition) is 1. The second-order valence-corrected chi connectivity index (χ2v) is 3.68. The van der Waals surface area contributed by atoms with Crippen molar-refractivity contribution in [2.45, 2.75) is 6.04 Å². The summed E-state index contributed by atoms with van der Waals surface area (Å²) in [7, 11) is 1.55. The van der Waals surface area contributed by atoms with Crippen LogP contribution in [0.4, 0.5) is 9.18 Å². The number of nitrogens with two attached hydrogens (primary N) is 1. The number of aliphatic imine (C=N–C) groups is 1. The fourth-order valence-corrected chi connectivity index (χ4v) is 1.75. The molecule has 17 heavy (non-hydrogen) atoms. The lowest BCUT2D eigenvalue weighted by molar-refractivity contribution is 0.218. The van der Waals surface area contributed by atoms with Crippen LogP contribution >= 0.6 is 0 Å². The van der Waals surface area contributed by atoms with Gasteiger partial charge in [0.1, 0.15) is 23.8 Å². The van der Waals surface area contributed by atoms with Gasteiger partial charge in [-0.3, -0.25) is 0 Å². The summed E-state index contributed by atoms with van der Waals surface area (Å²) in [6.45, 7) is 0. The molecule has 1 aliphatic heterocycles. The zero-order valence-electron chi connectivity index (χ0n) is 9.01. The average molecular weight is 232 g/mol. The van der Waals surface area contributed by atoms with Gasteiger partial charge in [0, 0.05) is 7.05 Å². The number of halogens is 1. The quantitative estimate of drug-likeness (QED) is 0.788. The Balaban J connectivity index is 2.46. The van der Waals surface area contributed by atoms with Crippen molar-refractivity contribution in [2.24, 2.45) is 10.7 Å². The SMILES string of the molecule is CN1C(=O)N=C(N)C1c1ccc(F)c(C#N)c1. The number of carbonyl (C=O) groups excluding carboxylic acids is 1. The molecule has 5 nitrogen and oxygen atoms in total. The van der Waals surface area contributed by atoms with Crippen LogP contribution in [0.15, 0.2) is 23.2 Å². The minimum absolute atomic E-state index is 0.0805. The first kappa shape index (κ1) is 11.1. The highest BCUT2D eigenvalue weighted by atomic mass is 19.1. The van der Waals surface area contributed by atoms with E-state index in [9.17, 15) is 9.18 Å². The third-order valence-electron chi connectivity index (χ3n) is 2.62. The Bertz CT molecular complexity index is 561. The fourth-order valence-electron chi connectivity index (χ4n) is 1.75. The Kier molecular flexibility index (Phi) is 2.52. The third-order valence-corrected chi connectivity index (χ3v) is 2.62. The fraction of sp³-hybridized carbons (Fsp3) is 0.182. The van der Waals surface area contributed by atoms with Gasteiger partial charge in [-0.25, -0.2) is 9.18 Å². The van der Waals surface area contributed by atoms with Crippen molar-refractivity contribution in [1.29, 1.82) is 5.26 Å². The highest BCUT2D eigenvalue weighted by Crippen LogP contribution is 2.26. The molecule has 86 valence electrons. The van der Waals surface area contributed by atoms with Crippen molar-refractivity contribution < 1.29 is 9.18 Å². The van der Waals surface area contributed by atoms with E-state index >= 15 is 0 Å². The summed E-state index contributed by atoms with van der Waals surface area (Å²) in [5.41, 5.74) is 6.12. The predicted octanol–water partition coefficient (Wildman–Crippen LogP) is 1.16. The number of nitrogens with zero attached hydrogens (tertiary/aromatic N) is 3. The zero-order chi connectivity index (χ0) is 12.6. The van der Waals surface area contributed by atoms with Crippen LogP contribution in [0.25, 0.3) is 0 Å². The van der Waals surface area contributed by atoms with Crippen molar-refractivity contribution in [2.75, 3.05) is 7.05 Å². The number of amidine groups is 1. The van der Waals surface area contributed by atoms with E-state index in [4.69, 9.17) is 11.0 Å². The molecule has 2 amide bonds. The second-order valence-electron chi connectivity index (χ2n) is 3.68. The monoisotopic (exact) mass is 232 g/mol. The first-order chi connectivity index (χ1) is 8.04. The average Bonchev–Trinajstić information content (AvgIpc) is 2.55. The maximum atomic E-state index is 13.2. The molecular weight excluding hydrogens is 223 g/mol. The third kappa shape index (κ3) is 1.72. The number of hydrogen-bond acceptors (Lipinski definition) is 3. The van der Waals surface area contributed by atoms with Gasteiger partial charge in [0.15, 0.2) is 0 Å². The van der Waals surface area contributed by atoms with Crippen LogP contribution in [0, 0.1) is 17.1 Å². The maximum absolute atomic E-state index is 13.2. The second kappa shape index (κ2) is 3.87. The summed E-state index contributed by atoms with van der Waals surface area (Å²) >= 11 is 0. The lowest BCUT2D eigenvalue weighted by Crippen LogP contribution is -2.30. The summed E-state index contributed by atoms with van der Waals surface area (Å²) < 4.78 is 13.2. The molecule has 2 rings (SSSR count). The normalized spacial score (nSPS) is 19.1. The Morgan fingerprint density at radius 2 is 2.29 bits per heavy atom. The topological polar surface area (TPSA) is 82.5 Å². The molecule has 0 saturated carbocycles. The molecule has 0 saturated heterocycles. The Morgan fingerprint density at radius 1 is 1.59 bits per heavy atom. The van der Waals surface area contributed by atoms with E-state index in [0.717, 1.165) is 0 Å². The molecule has 0 spiro atoms. The molecule has 1 aromatic carbocycles. The van der Waals surface area contributed by atoms with Crippen LogP contribution in [0.2, 0.25) is 0 Å². The summed E-state index contributed by atoms with van der Waals surface area (Å²) in [5.74, 6) is -0.452. The standard InChI is InChI=1S/C11H9FN4O/c1-16-9(10(14)15-11(16)17)6-2-3-8(12)7(4-6)5-13/h2-4,9H,1H3,(H2,14,15,17). The van der Waals surface area contributed by atoms with E-state index < -0.39 is 17.9 Å². The summed E-state index contributed by atoms with van der Waals surface area (Å²) in [6, 6.07) is 4.80. The van der Waals surface area contributed by atoms with E-state index in [0.29, 0.717) is 5.56 Å². The van der Waals surface area contributed by atoms with Gasteiger partial charge in [0.05, 0.1) is 5.56 Å². The molecule has 1 aromatic rings. The van der Waals surface area contributed by atoms with Crippen molar-refractivity contribution in [3.63, 3.8) is 0 Å². The summed E-state index contributed by atoms with van der Waals surface area (Å²) in [5, 5.41) is 8.74. The molecule has 0 aromatic heterocycles. The van der Waals surface area contributed by atoms with Gasteiger partial charge in [-0.05, 0) is 17.7 Å². The number of rotatable bonds is 1. The molecule has 1 atom stereocenters. The summed E-state index contributed by atoms with van der Waals surface area (Å²) in [6.07, 6.45) is 0. The van der Waals surface area contributed by atoms with E-state index in [1.54, 1.807) is 13.1 Å². The number of urea groups is 1. The van der Waals surface area contributed by atoms with Crippen molar-refractivity contribution in [1.82, 2.24) is 4.90 Å². The lowest BCUT2D eigenvalue weighted by atomic mass is 10.0. The number of carbonyl (C=O) groups is 1. The molecular formula is C11H9FN4O. The first-order valence-electron chi connectivity index (χ1n) is 4.85. The Labute approximate surface area is 97.0 Å². The van der Waals surface area contributed by atoms with Gasteiger partial charge in [-0.2, -0.15) is 10.3 Å². The largest absolute Gasteiger partial charge is 0.385 e. The number of nitriles is 1. The molecule has 6 heteroatoms. The van der Waals surface area contributed by atoms with Crippen molar-refractivity contribution in [3.05, 3.63) is 35.1 Å². The van der Waals surface area contributed by atoms with Crippen LogP contribution in [0.5, 0.6) is 0 Å². The highest BCUT2D eigenvalue weighted by Gasteiger charge is 2.31. The van der Waals surface area contributed by atoms with E-state index in [-0.39, 0.29) is 11.4 Å². The van der Waals surface area contributed by atoms with Gasteiger partial charge in [-0.15, -0.1) is 0 Å². The molecule has 0 radical (unpaired) electrons. The summed E-state index contributed by atoms with van der Waals surface area (Å²) in [4.78, 5) is 16.3. The van der Waals surface area contributed by atoms with Gasteiger partial charge in [0.25, 0.3) is 0 Å². The molecule has 0 aliphatic carbocycles. The molecule has 1 aliphatic rings. The number of benzene rings is 1.